The fourth-order valence-corrected chi connectivity index (χ4v) is 2.45. The minimum absolute atomic E-state index is 0.363. The molecule has 0 spiro atoms. The molecule has 0 bridgehead atoms. The molecule has 0 radical (unpaired) electrons. The zero-order chi connectivity index (χ0) is 11.8. The Morgan fingerprint density at radius 2 is 1.65 bits per heavy atom. The van der Waals surface area contributed by atoms with Gasteiger partial charge in [-0.25, -0.2) is 0 Å². The Kier molecular flexibility index (Phi) is 2.54. The summed E-state index contributed by atoms with van der Waals surface area (Å²) < 4.78 is 0. The van der Waals surface area contributed by atoms with E-state index in [0.29, 0.717) is 11.6 Å². The SMILES string of the molecule is NC(=O)c1ccc(NC(C2CC2)C2CC2)cc1. The third-order valence-electron chi connectivity index (χ3n) is 3.76. The van der Waals surface area contributed by atoms with Crippen LogP contribution in [0.3, 0.4) is 0 Å². The van der Waals surface area contributed by atoms with Crippen LogP contribution < -0.4 is 11.1 Å². The summed E-state index contributed by atoms with van der Waals surface area (Å²) in [6.07, 6.45) is 5.47. The van der Waals surface area contributed by atoms with Crippen molar-refractivity contribution in [2.24, 2.45) is 17.6 Å². The molecule has 17 heavy (non-hydrogen) atoms. The number of anilines is 1. The molecule has 1 amide bonds. The highest BCUT2D eigenvalue weighted by molar-refractivity contribution is 5.93. The van der Waals surface area contributed by atoms with E-state index >= 15 is 0 Å². The van der Waals surface area contributed by atoms with Crippen molar-refractivity contribution < 1.29 is 4.79 Å². The lowest BCUT2D eigenvalue weighted by atomic mass is 10.1. The molecular weight excluding hydrogens is 212 g/mol. The molecule has 2 saturated carbocycles. The maximum absolute atomic E-state index is 11.0. The molecule has 2 fully saturated rings. The molecule has 2 aliphatic rings. The van der Waals surface area contributed by atoms with Crippen LogP contribution in [-0.4, -0.2) is 11.9 Å². The molecule has 3 rings (SSSR count). The van der Waals surface area contributed by atoms with Gasteiger partial charge in [-0.2, -0.15) is 0 Å². The van der Waals surface area contributed by atoms with Gasteiger partial charge in [0.25, 0.3) is 0 Å². The summed E-state index contributed by atoms with van der Waals surface area (Å²) >= 11 is 0. The second kappa shape index (κ2) is 4.06. The van der Waals surface area contributed by atoms with E-state index in [1.807, 2.05) is 12.1 Å². The van der Waals surface area contributed by atoms with Gasteiger partial charge < -0.3 is 11.1 Å². The Morgan fingerprint density at radius 1 is 1.12 bits per heavy atom. The number of hydrogen-bond donors (Lipinski definition) is 2. The standard InChI is InChI=1S/C14H18N2O/c15-14(17)11-5-7-12(8-6-11)16-13(9-1-2-9)10-3-4-10/h5-10,13,16H,1-4H2,(H2,15,17). The van der Waals surface area contributed by atoms with E-state index in [2.05, 4.69) is 5.32 Å². The van der Waals surface area contributed by atoms with Crippen molar-refractivity contribution >= 4 is 11.6 Å². The molecule has 3 N–H and O–H groups in total. The number of carbonyl (C=O) groups excluding carboxylic acids is 1. The second-order valence-electron chi connectivity index (χ2n) is 5.29. The van der Waals surface area contributed by atoms with Crippen LogP contribution in [0, 0.1) is 11.8 Å². The van der Waals surface area contributed by atoms with Crippen molar-refractivity contribution in [3.63, 3.8) is 0 Å². The van der Waals surface area contributed by atoms with Gasteiger partial charge in [-0.05, 0) is 61.8 Å². The highest BCUT2D eigenvalue weighted by Crippen LogP contribution is 2.45. The molecule has 90 valence electrons. The van der Waals surface area contributed by atoms with E-state index in [-0.39, 0.29) is 5.91 Å². The van der Waals surface area contributed by atoms with E-state index in [1.165, 1.54) is 25.7 Å². The Labute approximate surface area is 101 Å². The number of primary amides is 1. The van der Waals surface area contributed by atoms with E-state index in [0.717, 1.165) is 17.5 Å². The molecule has 0 aromatic heterocycles. The average molecular weight is 230 g/mol. The third kappa shape index (κ3) is 2.43. The predicted octanol–water partition coefficient (Wildman–Crippen LogP) is 2.39. The summed E-state index contributed by atoms with van der Waals surface area (Å²) in [6, 6.07) is 8.15. The van der Waals surface area contributed by atoms with Gasteiger partial charge in [0.1, 0.15) is 0 Å². The van der Waals surface area contributed by atoms with Crippen molar-refractivity contribution in [2.75, 3.05) is 5.32 Å². The van der Waals surface area contributed by atoms with E-state index in [9.17, 15) is 4.79 Å². The van der Waals surface area contributed by atoms with Crippen molar-refractivity contribution in [3.8, 4) is 0 Å². The molecule has 1 aromatic carbocycles. The van der Waals surface area contributed by atoms with Crippen LogP contribution in [0.25, 0.3) is 0 Å². The number of nitrogens with two attached hydrogens (primary N) is 1. The van der Waals surface area contributed by atoms with Gasteiger partial charge in [0.05, 0.1) is 0 Å². The Morgan fingerprint density at radius 3 is 2.06 bits per heavy atom. The quantitative estimate of drug-likeness (QED) is 0.816. The summed E-state index contributed by atoms with van der Waals surface area (Å²) in [4.78, 5) is 11.0. The highest BCUT2D eigenvalue weighted by atomic mass is 16.1. The van der Waals surface area contributed by atoms with Gasteiger partial charge in [-0.15, -0.1) is 0 Å². The van der Waals surface area contributed by atoms with Gasteiger partial charge >= 0.3 is 0 Å². The average Bonchev–Trinajstić information content (AvgIpc) is 3.17. The molecule has 0 atom stereocenters. The topological polar surface area (TPSA) is 55.1 Å². The van der Waals surface area contributed by atoms with Gasteiger partial charge in [0.2, 0.25) is 5.91 Å². The van der Waals surface area contributed by atoms with Gasteiger partial charge in [0, 0.05) is 17.3 Å². The molecular formula is C14H18N2O. The molecule has 0 unspecified atom stereocenters. The molecule has 0 heterocycles. The first kappa shape index (κ1) is 10.6. The zero-order valence-electron chi connectivity index (χ0n) is 9.86. The lowest BCUT2D eigenvalue weighted by Crippen LogP contribution is -2.24. The molecule has 3 heteroatoms. The third-order valence-corrected chi connectivity index (χ3v) is 3.76. The van der Waals surface area contributed by atoms with Crippen LogP contribution >= 0.6 is 0 Å². The van der Waals surface area contributed by atoms with Gasteiger partial charge in [-0.3, -0.25) is 4.79 Å². The van der Waals surface area contributed by atoms with E-state index < -0.39 is 0 Å². The molecule has 2 aliphatic carbocycles. The van der Waals surface area contributed by atoms with Crippen molar-refractivity contribution in [2.45, 2.75) is 31.7 Å². The number of hydrogen-bond acceptors (Lipinski definition) is 2. The van der Waals surface area contributed by atoms with Crippen LogP contribution in [0.1, 0.15) is 36.0 Å². The second-order valence-corrected chi connectivity index (χ2v) is 5.29. The molecule has 3 nitrogen and oxygen atoms in total. The first-order valence-electron chi connectivity index (χ1n) is 6.40. The maximum Gasteiger partial charge on any atom is 0.248 e. The fraction of sp³-hybridized carbons (Fsp3) is 0.500. The summed E-state index contributed by atoms with van der Waals surface area (Å²) in [5, 5.41) is 3.62. The highest BCUT2D eigenvalue weighted by Gasteiger charge is 2.41. The van der Waals surface area contributed by atoms with Crippen molar-refractivity contribution in [3.05, 3.63) is 29.8 Å². The van der Waals surface area contributed by atoms with Crippen LogP contribution in [-0.2, 0) is 0 Å². The zero-order valence-corrected chi connectivity index (χ0v) is 9.86. The smallest absolute Gasteiger partial charge is 0.248 e. The van der Waals surface area contributed by atoms with Crippen LogP contribution in [0.4, 0.5) is 5.69 Å². The Balaban J connectivity index is 1.68. The van der Waals surface area contributed by atoms with Gasteiger partial charge in [-0.1, -0.05) is 0 Å². The number of amides is 1. The number of nitrogens with one attached hydrogen (secondary N) is 1. The normalized spacial score (nSPS) is 19.4. The van der Waals surface area contributed by atoms with Crippen molar-refractivity contribution in [1.29, 1.82) is 0 Å². The Hall–Kier alpha value is -1.51. The fourth-order valence-electron chi connectivity index (χ4n) is 2.45. The Bertz CT molecular complexity index is 406. The minimum atomic E-state index is -0.363. The van der Waals surface area contributed by atoms with Crippen LogP contribution in [0.2, 0.25) is 0 Å². The van der Waals surface area contributed by atoms with Crippen LogP contribution in [0.15, 0.2) is 24.3 Å². The minimum Gasteiger partial charge on any atom is -0.382 e. The van der Waals surface area contributed by atoms with Crippen LogP contribution in [0.5, 0.6) is 0 Å². The first-order valence-corrected chi connectivity index (χ1v) is 6.40. The lowest BCUT2D eigenvalue weighted by molar-refractivity contribution is 0.100. The maximum atomic E-state index is 11.0. The number of rotatable bonds is 5. The predicted molar refractivity (Wildman–Crippen MR) is 67.8 cm³/mol. The van der Waals surface area contributed by atoms with E-state index in [1.54, 1.807) is 12.1 Å². The number of carbonyl (C=O) groups is 1. The summed E-state index contributed by atoms with van der Waals surface area (Å²) in [5.74, 6) is 1.38. The molecule has 1 aromatic rings. The van der Waals surface area contributed by atoms with E-state index in [4.69, 9.17) is 5.73 Å². The first-order chi connectivity index (χ1) is 8.24. The summed E-state index contributed by atoms with van der Waals surface area (Å²) in [7, 11) is 0. The van der Waals surface area contributed by atoms with Gasteiger partial charge in [0.15, 0.2) is 0 Å². The summed E-state index contributed by atoms with van der Waals surface area (Å²) in [5.41, 5.74) is 6.91. The molecule has 0 aliphatic heterocycles. The largest absolute Gasteiger partial charge is 0.382 e. The lowest BCUT2D eigenvalue weighted by Gasteiger charge is -2.19. The number of benzene rings is 1. The summed E-state index contributed by atoms with van der Waals surface area (Å²) in [6.45, 7) is 0. The van der Waals surface area contributed by atoms with Crippen molar-refractivity contribution in [1.82, 2.24) is 0 Å². The molecule has 0 saturated heterocycles. The monoisotopic (exact) mass is 230 g/mol.